The van der Waals surface area contributed by atoms with Crippen molar-refractivity contribution in [1.29, 1.82) is 0 Å². The number of aromatic nitrogens is 4. The number of amides is 1. The number of rotatable bonds is 6. The molecular weight excluding hydrogens is 441 g/mol. The zero-order valence-electron chi connectivity index (χ0n) is 18.3. The van der Waals surface area contributed by atoms with Crippen molar-refractivity contribution in [3.8, 4) is 11.5 Å². The summed E-state index contributed by atoms with van der Waals surface area (Å²) in [5, 5.41) is 7.42. The highest BCUT2D eigenvalue weighted by molar-refractivity contribution is 5.82. The van der Waals surface area contributed by atoms with E-state index in [0.29, 0.717) is 34.6 Å². The maximum absolute atomic E-state index is 13.4. The van der Waals surface area contributed by atoms with Gasteiger partial charge in [0.1, 0.15) is 23.6 Å². The molecule has 0 fully saturated rings. The van der Waals surface area contributed by atoms with Crippen LogP contribution >= 0.6 is 0 Å². The molecule has 0 saturated heterocycles. The highest BCUT2D eigenvalue weighted by atomic mass is 19.1. The Kier molecular flexibility index (Phi) is 5.70. The Balaban J connectivity index is 1.24. The van der Waals surface area contributed by atoms with Crippen LogP contribution in [0.5, 0.6) is 11.5 Å². The molecule has 10 heteroatoms. The molecule has 1 aliphatic rings. The molecule has 0 bridgehead atoms. The number of ether oxygens (including phenoxy) is 2. The second-order valence-electron chi connectivity index (χ2n) is 8.01. The molecule has 2 aromatic carbocycles. The Morgan fingerprint density at radius 2 is 1.94 bits per heavy atom. The number of nitrogens with zero attached hydrogens (tertiary/aromatic N) is 4. The summed E-state index contributed by atoms with van der Waals surface area (Å²) in [5.41, 5.74) is 0.795. The van der Waals surface area contributed by atoms with E-state index in [1.165, 1.54) is 29.2 Å². The molecule has 5 rings (SSSR count). The molecule has 0 radical (unpaired) electrons. The molecule has 0 saturated carbocycles. The van der Waals surface area contributed by atoms with E-state index in [-0.39, 0.29) is 30.4 Å². The van der Waals surface area contributed by atoms with Crippen LogP contribution in [0.4, 0.5) is 4.39 Å². The molecule has 3 heterocycles. The van der Waals surface area contributed by atoms with Crippen molar-refractivity contribution in [2.75, 3.05) is 6.54 Å². The largest absolute Gasteiger partial charge is 0.482 e. The summed E-state index contributed by atoms with van der Waals surface area (Å²) in [4.78, 5) is 29.9. The van der Waals surface area contributed by atoms with E-state index in [0.717, 1.165) is 0 Å². The summed E-state index contributed by atoms with van der Waals surface area (Å²) >= 11 is 0. The number of para-hydroxylation sites is 2. The van der Waals surface area contributed by atoms with Gasteiger partial charge in [-0.15, -0.1) is 0 Å². The molecule has 4 aromatic rings. The van der Waals surface area contributed by atoms with Gasteiger partial charge < -0.3 is 14.8 Å². The lowest BCUT2D eigenvalue weighted by Crippen LogP contribution is -2.49. The fourth-order valence-electron chi connectivity index (χ4n) is 3.90. The van der Waals surface area contributed by atoms with Gasteiger partial charge in [-0.05, 0) is 36.8 Å². The highest BCUT2D eigenvalue weighted by Gasteiger charge is 2.33. The van der Waals surface area contributed by atoms with Crippen LogP contribution in [0.2, 0.25) is 0 Å². The summed E-state index contributed by atoms with van der Waals surface area (Å²) in [6, 6.07) is 13.3. The van der Waals surface area contributed by atoms with E-state index in [1.807, 2.05) is 12.1 Å². The molecule has 1 aliphatic heterocycles. The molecule has 174 valence electrons. The van der Waals surface area contributed by atoms with E-state index >= 15 is 0 Å². The number of hydrogen-bond donors (Lipinski definition) is 1. The summed E-state index contributed by atoms with van der Waals surface area (Å²) in [6.45, 7) is 2.55. The van der Waals surface area contributed by atoms with Crippen LogP contribution in [-0.4, -0.2) is 44.0 Å². The monoisotopic (exact) mass is 463 g/mol. The Bertz CT molecular complexity index is 1420. The molecular formula is C24H22FN5O4. The van der Waals surface area contributed by atoms with Gasteiger partial charge >= 0.3 is 0 Å². The summed E-state index contributed by atoms with van der Waals surface area (Å²) in [7, 11) is 0. The third-order valence-electron chi connectivity index (χ3n) is 5.59. The molecule has 0 aliphatic carbocycles. The predicted octanol–water partition coefficient (Wildman–Crippen LogP) is 2.13. The van der Waals surface area contributed by atoms with Crippen LogP contribution in [0.1, 0.15) is 12.5 Å². The SMILES string of the molecule is CC1Oc2ccccc2OC1C(=O)NCCn1ncc2c(=O)n(Cc3cccc(F)c3)cnc21. The third-order valence-corrected chi connectivity index (χ3v) is 5.59. The molecule has 9 nitrogen and oxygen atoms in total. The number of nitrogens with one attached hydrogen (secondary N) is 1. The zero-order valence-corrected chi connectivity index (χ0v) is 18.3. The van der Waals surface area contributed by atoms with Crippen molar-refractivity contribution >= 4 is 16.9 Å². The lowest BCUT2D eigenvalue weighted by molar-refractivity contribution is -0.133. The van der Waals surface area contributed by atoms with Crippen molar-refractivity contribution in [2.45, 2.75) is 32.2 Å². The first kappa shape index (κ1) is 21.6. The molecule has 2 unspecified atom stereocenters. The lowest BCUT2D eigenvalue weighted by atomic mass is 10.1. The molecule has 1 amide bonds. The first-order valence-electron chi connectivity index (χ1n) is 10.8. The second-order valence-corrected chi connectivity index (χ2v) is 8.01. The smallest absolute Gasteiger partial charge is 0.265 e. The van der Waals surface area contributed by atoms with Gasteiger partial charge in [-0.2, -0.15) is 5.10 Å². The van der Waals surface area contributed by atoms with Crippen molar-refractivity contribution in [3.63, 3.8) is 0 Å². The topological polar surface area (TPSA) is 100 Å². The number of hydrogen-bond acceptors (Lipinski definition) is 6. The van der Waals surface area contributed by atoms with Gasteiger partial charge in [-0.3, -0.25) is 14.2 Å². The number of halogens is 1. The summed E-state index contributed by atoms with van der Waals surface area (Å²) in [6.07, 6.45) is 1.64. The quantitative estimate of drug-likeness (QED) is 0.470. The highest BCUT2D eigenvalue weighted by Crippen LogP contribution is 2.33. The normalized spacial score (nSPS) is 17.0. The fraction of sp³-hybridized carbons (Fsp3) is 0.250. The van der Waals surface area contributed by atoms with Gasteiger partial charge in [0, 0.05) is 6.54 Å². The van der Waals surface area contributed by atoms with E-state index in [1.54, 1.807) is 35.9 Å². The van der Waals surface area contributed by atoms with Crippen LogP contribution in [0.15, 0.2) is 65.8 Å². The number of carbonyl (C=O) groups excluding carboxylic acids is 1. The standard InChI is InChI=1S/C24H22FN5O4/c1-15-21(34-20-8-3-2-7-19(20)33-15)23(31)26-9-10-30-22-18(12-28-30)24(32)29(14-27-22)13-16-5-4-6-17(25)11-16/h2-8,11-12,14-15,21H,9-10,13H2,1H3,(H,26,31). The Morgan fingerprint density at radius 3 is 2.74 bits per heavy atom. The molecule has 1 N–H and O–H groups in total. The molecule has 34 heavy (non-hydrogen) atoms. The molecule has 2 aromatic heterocycles. The maximum Gasteiger partial charge on any atom is 0.265 e. The zero-order chi connectivity index (χ0) is 23.7. The average molecular weight is 463 g/mol. The Hall–Kier alpha value is -4.21. The summed E-state index contributed by atoms with van der Waals surface area (Å²) in [5.74, 6) is 0.468. The van der Waals surface area contributed by atoms with Crippen LogP contribution in [0, 0.1) is 5.82 Å². The van der Waals surface area contributed by atoms with Crippen molar-refractivity contribution in [3.05, 3.63) is 82.8 Å². The van der Waals surface area contributed by atoms with Crippen LogP contribution in [0.3, 0.4) is 0 Å². The Labute approximate surface area is 193 Å². The molecule has 0 spiro atoms. The lowest BCUT2D eigenvalue weighted by Gasteiger charge is -2.31. The first-order chi connectivity index (χ1) is 16.5. The van der Waals surface area contributed by atoms with E-state index in [4.69, 9.17) is 9.47 Å². The van der Waals surface area contributed by atoms with E-state index in [2.05, 4.69) is 15.4 Å². The fourth-order valence-corrected chi connectivity index (χ4v) is 3.90. The second kappa shape index (κ2) is 8.97. The Morgan fingerprint density at radius 1 is 1.15 bits per heavy atom. The van der Waals surface area contributed by atoms with Gasteiger partial charge in [0.15, 0.2) is 17.1 Å². The minimum Gasteiger partial charge on any atom is -0.482 e. The van der Waals surface area contributed by atoms with Crippen LogP contribution in [0.25, 0.3) is 11.0 Å². The van der Waals surface area contributed by atoms with Crippen molar-refractivity contribution in [1.82, 2.24) is 24.6 Å². The van der Waals surface area contributed by atoms with Crippen molar-refractivity contribution < 1.29 is 18.7 Å². The minimum absolute atomic E-state index is 0.200. The number of carbonyl (C=O) groups is 1. The third kappa shape index (κ3) is 4.21. The van der Waals surface area contributed by atoms with Gasteiger partial charge in [0.2, 0.25) is 6.10 Å². The van der Waals surface area contributed by atoms with E-state index < -0.39 is 12.2 Å². The molecule has 2 atom stereocenters. The minimum atomic E-state index is -0.780. The summed E-state index contributed by atoms with van der Waals surface area (Å²) < 4.78 is 28.0. The van der Waals surface area contributed by atoms with Gasteiger partial charge in [0.25, 0.3) is 11.5 Å². The van der Waals surface area contributed by atoms with Gasteiger partial charge in [0.05, 0.1) is 19.3 Å². The maximum atomic E-state index is 13.4. The first-order valence-corrected chi connectivity index (χ1v) is 10.8. The van der Waals surface area contributed by atoms with E-state index in [9.17, 15) is 14.0 Å². The number of benzene rings is 2. The van der Waals surface area contributed by atoms with Gasteiger partial charge in [-0.1, -0.05) is 24.3 Å². The predicted molar refractivity (Wildman–Crippen MR) is 121 cm³/mol. The number of fused-ring (bicyclic) bond motifs is 2. The van der Waals surface area contributed by atoms with Crippen LogP contribution < -0.4 is 20.3 Å². The van der Waals surface area contributed by atoms with Crippen molar-refractivity contribution in [2.24, 2.45) is 0 Å². The van der Waals surface area contributed by atoms with Gasteiger partial charge in [-0.25, -0.2) is 14.1 Å². The average Bonchev–Trinajstić information content (AvgIpc) is 3.24. The van der Waals surface area contributed by atoms with Crippen LogP contribution in [-0.2, 0) is 17.9 Å².